The topological polar surface area (TPSA) is 35.5 Å². The number of allylic oxidation sites excluding steroid dienone is 2. The van der Waals surface area contributed by atoms with Crippen LogP contribution in [0, 0.1) is 0 Å². The van der Waals surface area contributed by atoms with Crippen molar-refractivity contribution in [3.63, 3.8) is 0 Å². The third-order valence-corrected chi connectivity index (χ3v) is 3.77. The zero-order chi connectivity index (χ0) is 13.9. The zero-order valence-electron chi connectivity index (χ0n) is 12.5. The molecule has 3 nitrogen and oxygen atoms in total. The van der Waals surface area contributed by atoms with Crippen LogP contribution in [0.2, 0.25) is 0 Å². The molecular weight excluding hydrogens is 240 g/mol. The van der Waals surface area contributed by atoms with Gasteiger partial charge in [0.2, 0.25) is 0 Å². The maximum Gasteiger partial charge on any atom is 0.158 e. The molecule has 0 aromatic rings. The minimum absolute atomic E-state index is 0.0873. The maximum atomic E-state index is 11.9. The predicted molar refractivity (Wildman–Crippen MR) is 77.1 cm³/mol. The summed E-state index contributed by atoms with van der Waals surface area (Å²) < 4.78 is 10.3. The van der Waals surface area contributed by atoms with Gasteiger partial charge < -0.3 is 9.47 Å². The van der Waals surface area contributed by atoms with Gasteiger partial charge in [-0.25, -0.2) is 0 Å². The fraction of sp³-hybridized carbons (Fsp3) is 0.812. The third kappa shape index (κ3) is 6.88. The smallest absolute Gasteiger partial charge is 0.158 e. The van der Waals surface area contributed by atoms with Gasteiger partial charge in [-0.05, 0) is 50.5 Å². The van der Waals surface area contributed by atoms with Gasteiger partial charge >= 0.3 is 0 Å². The number of unbranched alkanes of at least 4 members (excludes halogenated alkanes) is 2. The number of methoxy groups -OCH3 is 2. The molecule has 1 aliphatic carbocycles. The summed E-state index contributed by atoms with van der Waals surface area (Å²) in [6, 6.07) is 0. The minimum Gasteiger partial charge on any atom is -0.356 e. The van der Waals surface area contributed by atoms with Crippen molar-refractivity contribution in [3.8, 4) is 0 Å². The maximum absolute atomic E-state index is 11.9. The molecule has 0 bridgehead atoms. The summed E-state index contributed by atoms with van der Waals surface area (Å²) in [5.74, 6) is 0.381. The first-order valence-electron chi connectivity index (χ1n) is 7.55. The summed E-state index contributed by atoms with van der Waals surface area (Å²) >= 11 is 0. The number of ketones is 1. The second kappa shape index (κ2) is 10.2. The average Bonchev–Trinajstić information content (AvgIpc) is 2.41. The van der Waals surface area contributed by atoms with Crippen molar-refractivity contribution in [2.24, 2.45) is 0 Å². The molecule has 1 rings (SSSR count). The predicted octanol–water partition coefficient (Wildman–Crippen LogP) is 4.02. The highest BCUT2D eigenvalue weighted by Gasteiger charge is 2.11. The number of hydrogen-bond donors (Lipinski definition) is 0. The van der Waals surface area contributed by atoms with Crippen LogP contribution < -0.4 is 0 Å². The van der Waals surface area contributed by atoms with E-state index in [-0.39, 0.29) is 6.29 Å². The summed E-state index contributed by atoms with van der Waals surface area (Å²) in [6.07, 6.45) is 12.6. The Hall–Kier alpha value is -0.670. The van der Waals surface area contributed by atoms with Crippen molar-refractivity contribution in [2.75, 3.05) is 14.2 Å². The molecule has 0 N–H and O–H groups in total. The molecule has 110 valence electrons. The Labute approximate surface area is 117 Å². The van der Waals surface area contributed by atoms with Crippen LogP contribution in [0.1, 0.15) is 64.2 Å². The molecule has 0 aromatic heterocycles. The standard InChI is InChI=1S/C16H28O3/c1-18-16(19-2)13-9-5-7-11-14-10-6-3-4-8-12-15(14)17/h11,16H,3-10,12-13H2,1-2H3/b14-11-. The summed E-state index contributed by atoms with van der Waals surface area (Å²) in [4.78, 5) is 11.9. The highest BCUT2D eigenvalue weighted by Crippen LogP contribution is 2.20. The summed E-state index contributed by atoms with van der Waals surface area (Å²) in [5.41, 5.74) is 1.08. The van der Waals surface area contributed by atoms with Crippen LogP contribution in [-0.4, -0.2) is 26.3 Å². The van der Waals surface area contributed by atoms with Crippen molar-refractivity contribution < 1.29 is 14.3 Å². The van der Waals surface area contributed by atoms with Crippen LogP contribution in [0.25, 0.3) is 0 Å². The summed E-state index contributed by atoms with van der Waals surface area (Å²) in [6.45, 7) is 0. The largest absolute Gasteiger partial charge is 0.356 e. The molecular formula is C16H28O3. The molecule has 0 amide bonds. The lowest BCUT2D eigenvalue weighted by Crippen LogP contribution is -2.12. The quantitative estimate of drug-likeness (QED) is 0.397. The Bertz CT molecular complexity index is 280. The number of ether oxygens (including phenoxy) is 2. The van der Waals surface area contributed by atoms with Crippen LogP contribution in [0.5, 0.6) is 0 Å². The van der Waals surface area contributed by atoms with E-state index in [9.17, 15) is 4.79 Å². The monoisotopic (exact) mass is 268 g/mol. The molecule has 0 spiro atoms. The highest BCUT2D eigenvalue weighted by molar-refractivity contribution is 5.95. The molecule has 0 aliphatic heterocycles. The Morgan fingerprint density at radius 3 is 2.42 bits per heavy atom. The van der Waals surface area contributed by atoms with E-state index in [1.165, 1.54) is 19.3 Å². The lowest BCUT2D eigenvalue weighted by atomic mass is 9.94. The second-order valence-electron chi connectivity index (χ2n) is 5.25. The molecule has 0 radical (unpaired) electrons. The second-order valence-corrected chi connectivity index (χ2v) is 5.25. The lowest BCUT2D eigenvalue weighted by Gasteiger charge is -2.13. The number of Topliss-reactive ketones (excluding diaryl/α,β-unsaturated/α-hetero) is 1. The van der Waals surface area contributed by atoms with E-state index >= 15 is 0 Å². The van der Waals surface area contributed by atoms with Gasteiger partial charge in [-0.2, -0.15) is 0 Å². The SMILES string of the molecule is COC(CCCC/C=C1/CCCCCCC1=O)OC. The van der Waals surface area contributed by atoms with E-state index in [1.807, 2.05) is 0 Å². The number of carbonyl (C=O) groups excluding carboxylic acids is 1. The van der Waals surface area contributed by atoms with Gasteiger partial charge in [0.25, 0.3) is 0 Å². The van der Waals surface area contributed by atoms with E-state index in [4.69, 9.17) is 9.47 Å². The summed E-state index contributed by atoms with van der Waals surface area (Å²) in [7, 11) is 3.34. The van der Waals surface area contributed by atoms with Crippen molar-refractivity contribution >= 4 is 5.78 Å². The van der Waals surface area contributed by atoms with Crippen molar-refractivity contribution in [3.05, 3.63) is 11.6 Å². The molecule has 0 unspecified atom stereocenters. The Morgan fingerprint density at radius 1 is 1.05 bits per heavy atom. The van der Waals surface area contributed by atoms with E-state index in [2.05, 4.69) is 6.08 Å². The van der Waals surface area contributed by atoms with Crippen molar-refractivity contribution in [2.45, 2.75) is 70.5 Å². The normalized spacial score (nSPS) is 19.7. The van der Waals surface area contributed by atoms with Crippen LogP contribution in [-0.2, 0) is 14.3 Å². The molecule has 1 aliphatic rings. The Kier molecular flexibility index (Phi) is 8.76. The average molecular weight is 268 g/mol. The fourth-order valence-electron chi connectivity index (χ4n) is 2.53. The Morgan fingerprint density at radius 2 is 1.74 bits per heavy atom. The lowest BCUT2D eigenvalue weighted by molar-refractivity contribution is -0.116. The molecule has 19 heavy (non-hydrogen) atoms. The van der Waals surface area contributed by atoms with Crippen LogP contribution in [0.3, 0.4) is 0 Å². The van der Waals surface area contributed by atoms with E-state index in [0.717, 1.165) is 50.5 Å². The molecule has 0 atom stereocenters. The number of rotatable bonds is 7. The third-order valence-electron chi connectivity index (χ3n) is 3.77. The molecule has 0 saturated heterocycles. The zero-order valence-corrected chi connectivity index (χ0v) is 12.5. The molecule has 0 aromatic carbocycles. The van der Waals surface area contributed by atoms with Gasteiger partial charge in [0, 0.05) is 20.6 Å². The summed E-state index contributed by atoms with van der Waals surface area (Å²) in [5, 5.41) is 0. The van der Waals surface area contributed by atoms with Crippen LogP contribution >= 0.6 is 0 Å². The van der Waals surface area contributed by atoms with Gasteiger partial charge in [-0.3, -0.25) is 4.79 Å². The first-order valence-corrected chi connectivity index (χ1v) is 7.55. The highest BCUT2D eigenvalue weighted by atomic mass is 16.7. The van der Waals surface area contributed by atoms with Gasteiger partial charge in [-0.1, -0.05) is 18.9 Å². The van der Waals surface area contributed by atoms with Gasteiger partial charge in [0.15, 0.2) is 12.1 Å². The van der Waals surface area contributed by atoms with E-state index < -0.39 is 0 Å². The fourth-order valence-corrected chi connectivity index (χ4v) is 2.53. The minimum atomic E-state index is -0.0873. The van der Waals surface area contributed by atoms with Gasteiger partial charge in [0.05, 0.1) is 0 Å². The first kappa shape index (κ1) is 16.4. The van der Waals surface area contributed by atoms with E-state index in [0.29, 0.717) is 5.78 Å². The molecule has 1 saturated carbocycles. The Balaban J connectivity index is 2.24. The van der Waals surface area contributed by atoms with Gasteiger partial charge in [-0.15, -0.1) is 0 Å². The molecule has 3 heteroatoms. The van der Waals surface area contributed by atoms with Crippen LogP contribution in [0.15, 0.2) is 11.6 Å². The van der Waals surface area contributed by atoms with Gasteiger partial charge in [0.1, 0.15) is 0 Å². The number of carbonyl (C=O) groups is 1. The number of hydrogen-bond acceptors (Lipinski definition) is 3. The molecule has 0 heterocycles. The van der Waals surface area contributed by atoms with Crippen LogP contribution in [0.4, 0.5) is 0 Å². The van der Waals surface area contributed by atoms with E-state index in [1.54, 1.807) is 14.2 Å². The van der Waals surface area contributed by atoms with Crippen molar-refractivity contribution in [1.82, 2.24) is 0 Å². The van der Waals surface area contributed by atoms with Crippen molar-refractivity contribution in [1.29, 1.82) is 0 Å². The molecule has 1 fully saturated rings. The first-order chi connectivity index (χ1) is 9.27.